The van der Waals surface area contributed by atoms with Crippen LogP contribution >= 0.6 is 0 Å². The number of piperidine rings is 1. The van der Waals surface area contributed by atoms with Crippen LogP contribution in [-0.4, -0.2) is 59.1 Å². The van der Waals surface area contributed by atoms with E-state index < -0.39 is 0 Å². The number of hydrogen-bond acceptors (Lipinski definition) is 4. The number of carbonyl (C=O) groups is 1. The zero-order valence-corrected chi connectivity index (χ0v) is 15.4. The summed E-state index contributed by atoms with van der Waals surface area (Å²) >= 11 is 0. The van der Waals surface area contributed by atoms with Gasteiger partial charge in [-0.1, -0.05) is 18.2 Å². The second-order valence-electron chi connectivity index (χ2n) is 7.67. The Morgan fingerprint density at radius 3 is 2.52 bits per heavy atom. The lowest BCUT2D eigenvalue weighted by Gasteiger charge is -2.31. The Kier molecular flexibility index (Phi) is 5.97. The molecule has 0 saturated carbocycles. The van der Waals surface area contributed by atoms with Gasteiger partial charge >= 0.3 is 0 Å². The zero-order chi connectivity index (χ0) is 17.8. The molecule has 3 rings (SSSR count). The normalized spacial score (nSPS) is 22.8. The van der Waals surface area contributed by atoms with E-state index in [4.69, 9.17) is 0 Å². The summed E-state index contributed by atoms with van der Waals surface area (Å²) in [5.41, 5.74) is 2.33. The molecule has 1 aromatic rings. The van der Waals surface area contributed by atoms with Crippen LogP contribution in [0.5, 0.6) is 0 Å². The lowest BCUT2D eigenvalue weighted by Crippen LogP contribution is -2.38. The molecule has 0 radical (unpaired) electrons. The van der Waals surface area contributed by atoms with Crippen molar-refractivity contribution in [1.82, 2.24) is 9.80 Å². The molecule has 1 aromatic carbocycles. The summed E-state index contributed by atoms with van der Waals surface area (Å²) in [5.74, 6) is 0.677. The first-order valence-electron chi connectivity index (χ1n) is 9.56. The molecule has 0 spiro atoms. The number of carbonyl (C=O) groups excluding carboxylic acids is 1. The minimum atomic E-state index is -0.108. The van der Waals surface area contributed by atoms with Gasteiger partial charge in [-0.05, 0) is 63.7 Å². The average Bonchev–Trinajstić information content (AvgIpc) is 2.98. The quantitative estimate of drug-likeness (QED) is 0.831. The van der Waals surface area contributed by atoms with Gasteiger partial charge in [0.1, 0.15) is 6.04 Å². The van der Waals surface area contributed by atoms with E-state index in [2.05, 4.69) is 42.3 Å². The Morgan fingerprint density at radius 1 is 1.16 bits per heavy atom. The minimum Gasteiger partial charge on any atom is -0.396 e. The van der Waals surface area contributed by atoms with E-state index in [9.17, 15) is 9.90 Å². The summed E-state index contributed by atoms with van der Waals surface area (Å²) in [4.78, 5) is 17.0. The van der Waals surface area contributed by atoms with Crippen LogP contribution in [0.1, 0.15) is 38.7 Å². The van der Waals surface area contributed by atoms with Gasteiger partial charge in [0.25, 0.3) is 0 Å². The number of nitrogens with zero attached hydrogens (tertiary/aromatic N) is 2. The number of aliphatic hydroxyl groups is 1. The van der Waals surface area contributed by atoms with Crippen molar-refractivity contribution < 1.29 is 9.90 Å². The summed E-state index contributed by atoms with van der Waals surface area (Å²) in [6.07, 6.45) is 3.00. The SMILES string of the molecule is CC(C)N1CC[C@@H](Nc2ccccc2CN2CCC(CO)CC2)C1=O. The first-order chi connectivity index (χ1) is 12.1. The van der Waals surface area contributed by atoms with E-state index in [1.807, 2.05) is 11.0 Å². The fourth-order valence-electron chi connectivity index (χ4n) is 3.90. The highest BCUT2D eigenvalue weighted by molar-refractivity contribution is 5.87. The lowest BCUT2D eigenvalue weighted by molar-refractivity contribution is -0.129. The highest BCUT2D eigenvalue weighted by atomic mass is 16.3. The summed E-state index contributed by atoms with van der Waals surface area (Å²) in [6, 6.07) is 8.49. The number of hydrogen-bond donors (Lipinski definition) is 2. The van der Waals surface area contributed by atoms with Crippen molar-refractivity contribution in [2.24, 2.45) is 5.92 Å². The minimum absolute atomic E-state index is 0.108. The van der Waals surface area contributed by atoms with Crippen LogP contribution < -0.4 is 5.32 Å². The maximum absolute atomic E-state index is 12.6. The summed E-state index contributed by atoms with van der Waals surface area (Å²) in [7, 11) is 0. The van der Waals surface area contributed by atoms with Crippen LogP contribution in [0.15, 0.2) is 24.3 Å². The highest BCUT2D eigenvalue weighted by Gasteiger charge is 2.33. The number of likely N-dealkylation sites (tertiary alicyclic amines) is 2. The Bertz CT molecular complexity index is 582. The van der Waals surface area contributed by atoms with Crippen LogP contribution in [0, 0.1) is 5.92 Å². The molecule has 1 amide bonds. The summed E-state index contributed by atoms with van der Waals surface area (Å²) < 4.78 is 0. The molecule has 2 aliphatic heterocycles. The first-order valence-corrected chi connectivity index (χ1v) is 9.56. The van der Waals surface area contributed by atoms with Gasteiger partial charge in [0.2, 0.25) is 5.91 Å². The van der Waals surface area contributed by atoms with Crippen LogP contribution in [-0.2, 0) is 11.3 Å². The third kappa shape index (κ3) is 4.33. The van der Waals surface area contributed by atoms with Crippen molar-refractivity contribution in [2.45, 2.75) is 51.7 Å². The Balaban J connectivity index is 1.63. The molecule has 2 heterocycles. The van der Waals surface area contributed by atoms with E-state index in [1.54, 1.807) is 0 Å². The van der Waals surface area contributed by atoms with Gasteiger partial charge in [0, 0.05) is 31.4 Å². The second kappa shape index (κ2) is 8.19. The van der Waals surface area contributed by atoms with E-state index in [0.29, 0.717) is 12.5 Å². The Hall–Kier alpha value is -1.59. The van der Waals surface area contributed by atoms with E-state index in [-0.39, 0.29) is 18.0 Å². The van der Waals surface area contributed by atoms with E-state index in [0.717, 1.165) is 51.1 Å². The molecule has 5 heteroatoms. The van der Waals surface area contributed by atoms with Crippen LogP contribution in [0.2, 0.25) is 0 Å². The second-order valence-corrected chi connectivity index (χ2v) is 7.67. The lowest BCUT2D eigenvalue weighted by atomic mass is 9.97. The molecular formula is C20H31N3O2. The monoisotopic (exact) mass is 345 g/mol. The molecule has 5 nitrogen and oxygen atoms in total. The Morgan fingerprint density at radius 2 is 1.88 bits per heavy atom. The molecule has 2 saturated heterocycles. The molecule has 25 heavy (non-hydrogen) atoms. The highest BCUT2D eigenvalue weighted by Crippen LogP contribution is 2.25. The van der Waals surface area contributed by atoms with Gasteiger partial charge < -0.3 is 15.3 Å². The number of amides is 1. The number of aliphatic hydroxyl groups excluding tert-OH is 1. The molecular weight excluding hydrogens is 314 g/mol. The van der Waals surface area contributed by atoms with Crippen LogP contribution in [0.25, 0.3) is 0 Å². The fourth-order valence-corrected chi connectivity index (χ4v) is 3.90. The molecule has 2 N–H and O–H groups in total. The number of rotatable bonds is 6. The molecule has 0 aromatic heterocycles. The van der Waals surface area contributed by atoms with Crippen molar-refractivity contribution >= 4 is 11.6 Å². The standard InChI is InChI=1S/C20H31N3O2/c1-15(2)23-12-9-19(20(23)25)21-18-6-4-3-5-17(18)13-22-10-7-16(14-24)8-11-22/h3-6,15-16,19,21,24H,7-14H2,1-2H3/t19-/m1/s1. The van der Waals surface area contributed by atoms with Crippen molar-refractivity contribution in [1.29, 1.82) is 0 Å². The summed E-state index contributed by atoms with van der Waals surface area (Å²) in [5, 5.41) is 12.8. The molecule has 0 bridgehead atoms. The Labute approximate surface area is 151 Å². The zero-order valence-electron chi connectivity index (χ0n) is 15.4. The molecule has 2 aliphatic rings. The largest absolute Gasteiger partial charge is 0.396 e. The fraction of sp³-hybridized carbons (Fsp3) is 0.650. The molecule has 2 fully saturated rings. The van der Waals surface area contributed by atoms with Gasteiger partial charge in [0.05, 0.1) is 0 Å². The predicted molar refractivity (Wildman–Crippen MR) is 100 cm³/mol. The number of nitrogens with one attached hydrogen (secondary N) is 1. The average molecular weight is 345 g/mol. The van der Waals surface area contributed by atoms with Gasteiger partial charge in [0.15, 0.2) is 0 Å². The maximum Gasteiger partial charge on any atom is 0.245 e. The van der Waals surface area contributed by atoms with Gasteiger partial charge in [-0.3, -0.25) is 9.69 Å². The van der Waals surface area contributed by atoms with Crippen molar-refractivity contribution in [3.05, 3.63) is 29.8 Å². The van der Waals surface area contributed by atoms with Crippen LogP contribution in [0.3, 0.4) is 0 Å². The van der Waals surface area contributed by atoms with Gasteiger partial charge in [-0.2, -0.15) is 0 Å². The number of para-hydroxylation sites is 1. The summed E-state index contributed by atoms with van der Waals surface area (Å²) in [6.45, 7) is 8.25. The number of benzene rings is 1. The van der Waals surface area contributed by atoms with Gasteiger partial charge in [-0.25, -0.2) is 0 Å². The van der Waals surface area contributed by atoms with Gasteiger partial charge in [-0.15, -0.1) is 0 Å². The smallest absolute Gasteiger partial charge is 0.245 e. The van der Waals surface area contributed by atoms with E-state index >= 15 is 0 Å². The molecule has 138 valence electrons. The maximum atomic E-state index is 12.6. The molecule has 0 unspecified atom stereocenters. The number of anilines is 1. The third-order valence-corrected chi connectivity index (χ3v) is 5.57. The topological polar surface area (TPSA) is 55.8 Å². The van der Waals surface area contributed by atoms with E-state index in [1.165, 1.54) is 5.56 Å². The molecule has 0 aliphatic carbocycles. The van der Waals surface area contributed by atoms with Crippen LogP contribution in [0.4, 0.5) is 5.69 Å². The third-order valence-electron chi connectivity index (χ3n) is 5.57. The van der Waals surface area contributed by atoms with Crippen molar-refractivity contribution in [3.8, 4) is 0 Å². The van der Waals surface area contributed by atoms with Crippen molar-refractivity contribution in [3.63, 3.8) is 0 Å². The first kappa shape index (κ1) is 18.2. The predicted octanol–water partition coefficient (Wildman–Crippen LogP) is 2.31. The molecule has 1 atom stereocenters. The van der Waals surface area contributed by atoms with Crippen molar-refractivity contribution in [2.75, 3.05) is 31.6 Å².